The summed E-state index contributed by atoms with van der Waals surface area (Å²) in [7, 11) is 0. The topological polar surface area (TPSA) is 74.2 Å². The molecule has 0 fully saturated rings. The third-order valence-electron chi connectivity index (χ3n) is 2.89. The van der Waals surface area contributed by atoms with Gasteiger partial charge in [-0.05, 0) is 31.0 Å². The van der Waals surface area contributed by atoms with Gasteiger partial charge in [0.2, 0.25) is 5.82 Å². The normalized spacial score (nSPS) is 12.8. The molecule has 0 aliphatic rings. The van der Waals surface area contributed by atoms with Crippen LogP contribution in [-0.2, 0) is 4.74 Å². The van der Waals surface area contributed by atoms with Crippen molar-refractivity contribution in [1.29, 1.82) is 0 Å². The Hall–Kier alpha value is -1.95. The van der Waals surface area contributed by atoms with Crippen molar-refractivity contribution in [2.45, 2.75) is 26.9 Å². The highest BCUT2D eigenvalue weighted by molar-refractivity contribution is 5.70. The number of hydrogen-bond acceptors (Lipinski definition) is 5. The zero-order chi connectivity index (χ0) is 14.7. The highest BCUT2D eigenvalue weighted by atomic mass is 19.1. The Morgan fingerprint density at radius 3 is 2.80 bits per heavy atom. The predicted octanol–water partition coefficient (Wildman–Crippen LogP) is 3.19. The van der Waals surface area contributed by atoms with Crippen LogP contribution in [0.3, 0.4) is 0 Å². The molecule has 0 aliphatic heterocycles. The van der Waals surface area contributed by atoms with Crippen molar-refractivity contribution in [3.63, 3.8) is 0 Å². The molecule has 1 aromatic carbocycles. The first kappa shape index (κ1) is 14.5. The monoisotopic (exact) mass is 279 g/mol. The van der Waals surface area contributed by atoms with Crippen LogP contribution >= 0.6 is 0 Å². The molecule has 1 aromatic heterocycles. The van der Waals surface area contributed by atoms with Gasteiger partial charge in [0.15, 0.2) is 0 Å². The number of ether oxygens (including phenoxy) is 1. The summed E-state index contributed by atoms with van der Waals surface area (Å²) in [6, 6.07) is 4.03. The van der Waals surface area contributed by atoms with Crippen molar-refractivity contribution in [3.05, 3.63) is 29.8 Å². The van der Waals surface area contributed by atoms with Crippen molar-refractivity contribution in [2.24, 2.45) is 5.92 Å². The van der Waals surface area contributed by atoms with E-state index in [0.717, 1.165) is 0 Å². The van der Waals surface area contributed by atoms with Gasteiger partial charge >= 0.3 is 0 Å². The summed E-state index contributed by atoms with van der Waals surface area (Å²) in [6.45, 7) is 6.47. The number of halogens is 1. The molecule has 2 rings (SSSR count). The van der Waals surface area contributed by atoms with Crippen LogP contribution in [0.5, 0.6) is 0 Å². The van der Waals surface area contributed by atoms with E-state index in [2.05, 4.69) is 10.1 Å². The number of benzene rings is 1. The summed E-state index contributed by atoms with van der Waals surface area (Å²) < 4.78 is 24.1. The van der Waals surface area contributed by atoms with Crippen LogP contribution in [0.1, 0.15) is 32.7 Å². The van der Waals surface area contributed by atoms with Gasteiger partial charge in [-0.1, -0.05) is 19.0 Å². The van der Waals surface area contributed by atoms with E-state index < -0.39 is 5.82 Å². The summed E-state index contributed by atoms with van der Waals surface area (Å²) in [4.78, 5) is 4.27. The van der Waals surface area contributed by atoms with Gasteiger partial charge < -0.3 is 15.0 Å². The maximum absolute atomic E-state index is 13.3. The van der Waals surface area contributed by atoms with E-state index in [1.807, 2.05) is 20.8 Å². The van der Waals surface area contributed by atoms with Crippen molar-refractivity contribution in [1.82, 2.24) is 10.1 Å². The molecule has 108 valence electrons. The Morgan fingerprint density at radius 2 is 2.15 bits per heavy atom. The van der Waals surface area contributed by atoms with Crippen molar-refractivity contribution in [2.75, 3.05) is 12.3 Å². The van der Waals surface area contributed by atoms with Crippen molar-refractivity contribution >= 4 is 5.69 Å². The molecule has 1 atom stereocenters. The molecule has 5 nitrogen and oxygen atoms in total. The maximum Gasteiger partial charge on any atom is 0.260 e. The second-order valence-corrected chi connectivity index (χ2v) is 4.81. The number of nitrogens with zero attached hydrogens (tertiary/aromatic N) is 2. The number of rotatable bonds is 5. The Bertz CT molecular complexity index is 584. The lowest BCUT2D eigenvalue weighted by molar-refractivity contribution is 0.0217. The van der Waals surface area contributed by atoms with E-state index in [1.165, 1.54) is 18.2 Å². The first-order valence-corrected chi connectivity index (χ1v) is 6.53. The molecule has 0 amide bonds. The van der Waals surface area contributed by atoms with Crippen LogP contribution in [0.4, 0.5) is 10.1 Å². The molecule has 2 N–H and O–H groups in total. The van der Waals surface area contributed by atoms with Gasteiger partial charge in [-0.2, -0.15) is 4.98 Å². The van der Waals surface area contributed by atoms with Gasteiger partial charge in [0.25, 0.3) is 5.89 Å². The second kappa shape index (κ2) is 6.00. The molecule has 0 bridgehead atoms. The molecular weight excluding hydrogens is 261 g/mol. The highest BCUT2D eigenvalue weighted by Crippen LogP contribution is 2.29. The molecule has 0 radical (unpaired) electrons. The van der Waals surface area contributed by atoms with E-state index in [4.69, 9.17) is 15.0 Å². The Balaban J connectivity index is 2.34. The van der Waals surface area contributed by atoms with E-state index in [1.54, 1.807) is 0 Å². The Morgan fingerprint density at radius 1 is 1.40 bits per heavy atom. The lowest BCUT2D eigenvalue weighted by atomic mass is 10.1. The predicted molar refractivity (Wildman–Crippen MR) is 73.3 cm³/mol. The lowest BCUT2D eigenvalue weighted by Crippen LogP contribution is -2.12. The molecule has 2 aromatic rings. The zero-order valence-electron chi connectivity index (χ0n) is 11.8. The molecule has 6 heteroatoms. The summed E-state index contributed by atoms with van der Waals surface area (Å²) in [5.74, 6) is 0.437. The maximum atomic E-state index is 13.3. The molecule has 1 unspecified atom stereocenters. The van der Waals surface area contributed by atoms with Gasteiger partial charge in [-0.15, -0.1) is 0 Å². The average molecular weight is 279 g/mol. The fraction of sp³-hybridized carbons (Fsp3) is 0.429. The van der Waals surface area contributed by atoms with Gasteiger partial charge in [0, 0.05) is 12.3 Å². The highest BCUT2D eigenvalue weighted by Gasteiger charge is 2.23. The Kier molecular flexibility index (Phi) is 4.34. The minimum absolute atomic E-state index is 0.197. The SMILES string of the molecule is CCOC(c1noc(-c2cc(F)ccc2N)n1)C(C)C. The summed E-state index contributed by atoms with van der Waals surface area (Å²) in [5, 5.41) is 3.91. The van der Waals surface area contributed by atoms with Gasteiger partial charge in [0.1, 0.15) is 11.9 Å². The summed E-state index contributed by atoms with van der Waals surface area (Å²) in [6.07, 6.45) is -0.257. The number of nitrogens with two attached hydrogens (primary N) is 1. The molecule has 0 saturated heterocycles. The molecular formula is C14H18FN3O2. The van der Waals surface area contributed by atoms with Crippen LogP contribution in [0, 0.1) is 11.7 Å². The standard InChI is InChI=1S/C14H18FN3O2/c1-4-19-12(8(2)3)13-17-14(20-18-13)10-7-9(15)5-6-11(10)16/h5-8,12H,4,16H2,1-3H3. The summed E-state index contributed by atoms with van der Waals surface area (Å²) >= 11 is 0. The van der Waals surface area contributed by atoms with Crippen LogP contribution < -0.4 is 5.73 Å². The Labute approximate surface area is 116 Å². The first-order valence-electron chi connectivity index (χ1n) is 6.53. The minimum atomic E-state index is -0.404. The van der Waals surface area contributed by atoms with Crippen molar-refractivity contribution in [3.8, 4) is 11.5 Å². The zero-order valence-corrected chi connectivity index (χ0v) is 11.8. The largest absolute Gasteiger partial charge is 0.398 e. The lowest BCUT2D eigenvalue weighted by Gasteiger charge is -2.16. The number of hydrogen-bond donors (Lipinski definition) is 1. The third-order valence-corrected chi connectivity index (χ3v) is 2.89. The van der Waals surface area contributed by atoms with E-state index in [-0.39, 0.29) is 17.9 Å². The summed E-state index contributed by atoms with van der Waals surface area (Å²) in [5.41, 5.74) is 6.58. The molecule has 0 aliphatic carbocycles. The minimum Gasteiger partial charge on any atom is -0.398 e. The van der Waals surface area contributed by atoms with E-state index in [9.17, 15) is 4.39 Å². The quantitative estimate of drug-likeness (QED) is 0.851. The van der Waals surface area contributed by atoms with E-state index >= 15 is 0 Å². The molecule has 20 heavy (non-hydrogen) atoms. The fourth-order valence-electron chi connectivity index (χ4n) is 1.92. The number of nitrogen functional groups attached to an aromatic ring is 1. The third kappa shape index (κ3) is 2.96. The second-order valence-electron chi connectivity index (χ2n) is 4.81. The van der Waals surface area contributed by atoms with Gasteiger partial charge in [-0.25, -0.2) is 4.39 Å². The van der Waals surface area contributed by atoms with Crippen LogP contribution in [0.15, 0.2) is 22.7 Å². The van der Waals surface area contributed by atoms with E-state index in [0.29, 0.717) is 23.7 Å². The molecule has 0 spiro atoms. The average Bonchev–Trinajstić information content (AvgIpc) is 2.87. The van der Waals surface area contributed by atoms with Gasteiger partial charge in [-0.3, -0.25) is 0 Å². The number of anilines is 1. The first-order chi connectivity index (χ1) is 9.52. The molecule has 0 saturated carbocycles. The van der Waals surface area contributed by atoms with Crippen molar-refractivity contribution < 1.29 is 13.7 Å². The van der Waals surface area contributed by atoms with Gasteiger partial charge in [0.05, 0.1) is 5.56 Å². The van der Waals surface area contributed by atoms with Crippen LogP contribution in [0.2, 0.25) is 0 Å². The van der Waals surface area contributed by atoms with Crippen LogP contribution in [0.25, 0.3) is 11.5 Å². The smallest absolute Gasteiger partial charge is 0.260 e. The molecule has 1 heterocycles. The number of aromatic nitrogens is 2. The van der Waals surface area contributed by atoms with Crippen LogP contribution in [-0.4, -0.2) is 16.7 Å². The fourth-order valence-corrected chi connectivity index (χ4v) is 1.92.